The van der Waals surface area contributed by atoms with E-state index in [0.29, 0.717) is 11.1 Å². The summed E-state index contributed by atoms with van der Waals surface area (Å²) >= 11 is 0. The van der Waals surface area contributed by atoms with Crippen LogP contribution in [0, 0.1) is 13.8 Å². The van der Waals surface area contributed by atoms with Crippen molar-refractivity contribution in [3.63, 3.8) is 0 Å². The number of ether oxygens (including phenoxy) is 1. The number of fused-ring (bicyclic) bond motifs is 1. The number of carbonyl (C=O) groups is 1. The fraction of sp³-hybridized carbons (Fsp3) is 0.0652. The van der Waals surface area contributed by atoms with E-state index in [0.717, 1.165) is 66.8 Å². The standard InChI is InChI=1S/C46H34O4/c1-29-27-35(47)23-25-37(29)46(38-26-24-36(48)28-30(38)2)44-42(34-21-13-6-14-22-34)40(32-17-9-4-10-18-32)39(31-15-7-3-8-16-31)41(43(44)45(49)50-46)33-19-11-5-12-20-33/h3-28,47-48H,1-2H3. The number of carbonyl (C=O) groups excluding carboxylic acids is 1. The predicted molar refractivity (Wildman–Crippen MR) is 199 cm³/mol. The molecule has 8 rings (SSSR count). The minimum atomic E-state index is -1.45. The molecule has 0 amide bonds. The van der Waals surface area contributed by atoms with Gasteiger partial charge in [0.05, 0.1) is 5.56 Å². The molecule has 50 heavy (non-hydrogen) atoms. The van der Waals surface area contributed by atoms with Crippen LogP contribution in [0.3, 0.4) is 0 Å². The summed E-state index contributed by atoms with van der Waals surface area (Å²) in [5, 5.41) is 21.2. The molecule has 0 aromatic heterocycles. The number of cyclic esters (lactones) is 1. The highest BCUT2D eigenvalue weighted by molar-refractivity contribution is 6.15. The second kappa shape index (κ2) is 12.2. The van der Waals surface area contributed by atoms with Gasteiger partial charge in [-0.15, -0.1) is 0 Å². The quantitative estimate of drug-likeness (QED) is 0.176. The first-order chi connectivity index (χ1) is 24.4. The Morgan fingerprint density at radius 1 is 0.440 bits per heavy atom. The normalized spacial score (nSPS) is 13.1. The number of hydrogen-bond donors (Lipinski definition) is 2. The molecule has 0 bridgehead atoms. The topological polar surface area (TPSA) is 66.8 Å². The first-order valence-corrected chi connectivity index (χ1v) is 16.7. The minimum absolute atomic E-state index is 0.117. The van der Waals surface area contributed by atoms with Gasteiger partial charge in [0.2, 0.25) is 0 Å². The van der Waals surface area contributed by atoms with E-state index in [4.69, 9.17) is 4.74 Å². The minimum Gasteiger partial charge on any atom is -0.508 e. The lowest BCUT2D eigenvalue weighted by Gasteiger charge is -2.35. The third kappa shape index (κ3) is 4.88. The number of benzene rings is 7. The second-order valence-corrected chi connectivity index (χ2v) is 12.8. The van der Waals surface area contributed by atoms with Crippen LogP contribution >= 0.6 is 0 Å². The Morgan fingerprint density at radius 2 is 0.780 bits per heavy atom. The van der Waals surface area contributed by atoms with Gasteiger partial charge in [-0.25, -0.2) is 4.79 Å². The van der Waals surface area contributed by atoms with Gasteiger partial charge in [0.1, 0.15) is 11.5 Å². The van der Waals surface area contributed by atoms with Gasteiger partial charge in [0, 0.05) is 22.3 Å². The fourth-order valence-corrected chi connectivity index (χ4v) is 7.73. The molecule has 0 fully saturated rings. The summed E-state index contributed by atoms with van der Waals surface area (Å²) in [5.74, 6) is -0.218. The van der Waals surface area contributed by atoms with Crippen LogP contribution in [-0.2, 0) is 10.3 Å². The van der Waals surface area contributed by atoms with Crippen molar-refractivity contribution in [2.24, 2.45) is 0 Å². The van der Waals surface area contributed by atoms with E-state index in [1.54, 1.807) is 24.3 Å². The summed E-state index contributed by atoms with van der Waals surface area (Å²) in [5.41, 5.74) is 10.0. The molecule has 0 unspecified atom stereocenters. The lowest BCUT2D eigenvalue weighted by molar-refractivity contribution is 0.0249. The van der Waals surface area contributed by atoms with Crippen LogP contribution < -0.4 is 0 Å². The monoisotopic (exact) mass is 650 g/mol. The fourth-order valence-electron chi connectivity index (χ4n) is 7.73. The summed E-state index contributed by atoms with van der Waals surface area (Å²) in [6.45, 7) is 3.85. The van der Waals surface area contributed by atoms with Gasteiger partial charge >= 0.3 is 5.97 Å². The molecule has 2 N–H and O–H groups in total. The van der Waals surface area contributed by atoms with Crippen molar-refractivity contribution >= 4 is 5.97 Å². The van der Waals surface area contributed by atoms with Gasteiger partial charge in [-0.2, -0.15) is 0 Å². The van der Waals surface area contributed by atoms with E-state index in [1.165, 1.54) is 0 Å². The molecule has 0 aliphatic carbocycles. The van der Waals surface area contributed by atoms with Gasteiger partial charge in [-0.1, -0.05) is 133 Å². The predicted octanol–water partition coefficient (Wildman–Crippen LogP) is 10.8. The third-order valence-electron chi connectivity index (χ3n) is 9.73. The van der Waals surface area contributed by atoms with Crippen molar-refractivity contribution in [3.05, 3.63) is 191 Å². The molecule has 1 heterocycles. The third-order valence-corrected chi connectivity index (χ3v) is 9.73. The maximum absolute atomic E-state index is 15.1. The molecule has 7 aromatic carbocycles. The average Bonchev–Trinajstić information content (AvgIpc) is 3.44. The molecule has 242 valence electrons. The average molecular weight is 651 g/mol. The Labute approximate surface area is 291 Å². The summed E-state index contributed by atoms with van der Waals surface area (Å²) in [6.07, 6.45) is 0. The molecule has 0 radical (unpaired) electrons. The zero-order valence-electron chi connectivity index (χ0n) is 27.7. The molecule has 0 spiro atoms. The summed E-state index contributed by atoms with van der Waals surface area (Å²) in [6, 6.07) is 51.2. The number of hydrogen-bond acceptors (Lipinski definition) is 4. The first kappa shape index (κ1) is 30.9. The van der Waals surface area contributed by atoms with Gasteiger partial charge in [-0.05, 0) is 88.2 Å². The second-order valence-electron chi connectivity index (χ2n) is 12.8. The van der Waals surface area contributed by atoms with E-state index < -0.39 is 11.6 Å². The van der Waals surface area contributed by atoms with Crippen LogP contribution in [0.2, 0.25) is 0 Å². The highest BCUT2D eigenvalue weighted by atomic mass is 16.6. The Morgan fingerprint density at radius 3 is 1.16 bits per heavy atom. The number of esters is 1. The zero-order valence-corrected chi connectivity index (χ0v) is 27.7. The van der Waals surface area contributed by atoms with Crippen LogP contribution in [0.1, 0.15) is 38.2 Å². The SMILES string of the molecule is Cc1cc(O)ccc1C1(c2ccc(O)cc2C)OC(=O)c2c(-c3ccccc3)c(-c3ccccc3)c(-c3ccccc3)c(-c3ccccc3)c21. The molecule has 4 nitrogen and oxygen atoms in total. The van der Waals surface area contributed by atoms with Crippen LogP contribution in [0.5, 0.6) is 11.5 Å². The van der Waals surface area contributed by atoms with Crippen molar-refractivity contribution in [2.75, 3.05) is 0 Å². The highest BCUT2D eigenvalue weighted by Crippen LogP contribution is 2.59. The Kier molecular flexibility index (Phi) is 7.57. The van der Waals surface area contributed by atoms with Crippen LogP contribution in [-0.4, -0.2) is 16.2 Å². The molecule has 0 saturated heterocycles. The van der Waals surface area contributed by atoms with Crippen LogP contribution in [0.4, 0.5) is 0 Å². The van der Waals surface area contributed by atoms with Gasteiger partial charge < -0.3 is 14.9 Å². The highest BCUT2D eigenvalue weighted by Gasteiger charge is 2.54. The summed E-state index contributed by atoms with van der Waals surface area (Å²) in [4.78, 5) is 15.1. The smallest absolute Gasteiger partial charge is 0.340 e. The number of aromatic hydroxyl groups is 2. The number of phenolic OH excluding ortho intramolecular Hbond substituents is 2. The van der Waals surface area contributed by atoms with E-state index in [-0.39, 0.29) is 11.5 Å². The number of aryl methyl sites for hydroxylation is 2. The van der Waals surface area contributed by atoms with Crippen molar-refractivity contribution in [1.82, 2.24) is 0 Å². The summed E-state index contributed by atoms with van der Waals surface area (Å²) in [7, 11) is 0. The van der Waals surface area contributed by atoms with E-state index in [1.807, 2.05) is 111 Å². The molecule has 0 atom stereocenters. The Bertz CT molecular complexity index is 2330. The van der Waals surface area contributed by atoms with Gasteiger partial charge in [-0.3, -0.25) is 0 Å². The lowest BCUT2D eigenvalue weighted by Crippen LogP contribution is -2.32. The van der Waals surface area contributed by atoms with Crippen molar-refractivity contribution in [3.8, 4) is 56.0 Å². The molecular formula is C46H34O4. The molecule has 7 aromatic rings. The van der Waals surface area contributed by atoms with Crippen LogP contribution in [0.15, 0.2) is 158 Å². The molecule has 0 saturated carbocycles. The largest absolute Gasteiger partial charge is 0.508 e. The Balaban J connectivity index is 1.70. The molecule has 1 aliphatic heterocycles. The van der Waals surface area contributed by atoms with Gasteiger partial charge in [0.15, 0.2) is 5.60 Å². The van der Waals surface area contributed by atoms with Crippen LogP contribution in [0.25, 0.3) is 44.5 Å². The molecule has 4 heteroatoms. The van der Waals surface area contributed by atoms with Crippen molar-refractivity contribution in [2.45, 2.75) is 19.4 Å². The van der Waals surface area contributed by atoms with Gasteiger partial charge in [0.25, 0.3) is 0 Å². The maximum atomic E-state index is 15.1. The molecular weight excluding hydrogens is 617 g/mol. The van der Waals surface area contributed by atoms with E-state index >= 15 is 4.79 Å². The first-order valence-electron chi connectivity index (χ1n) is 16.7. The van der Waals surface area contributed by atoms with E-state index in [9.17, 15) is 10.2 Å². The van der Waals surface area contributed by atoms with E-state index in [2.05, 4.69) is 36.4 Å². The summed E-state index contributed by atoms with van der Waals surface area (Å²) < 4.78 is 6.94. The van der Waals surface area contributed by atoms with Crippen molar-refractivity contribution in [1.29, 1.82) is 0 Å². The number of rotatable bonds is 6. The lowest BCUT2D eigenvalue weighted by atomic mass is 9.69. The zero-order chi connectivity index (χ0) is 34.4. The maximum Gasteiger partial charge on any atom is 0.340 e. The Hall–Kier alpha value is -6.39. The molecule has 1 aliphatic rings. The van der Waals surface area contributed by atoms with Crippen molar-refractivity contribution < 1.29 is 19.7 Å². The number of phenols is 2.